The topological polar surface area (TPSA) is 64.1 Å². The summed E-state index contributed by atoms with van der Waals surface area (Å²) in [5.74, 6) is 2.21. The lowest BCUT2D eigenvalue weighted by Gasteiger charge is -2.21. The average molecular weight is 478 g/mol. The second kappa shape index (κ2) is 11.4. The predicted octanol–water partition coefficient (Wildman–Crippen LogP) is 4.24. The van der Waals surface area contributed by atoms with Crippen LogP contribution >= 0.6 is 23.7 Å². The molecule has 0 bridgehead atoms. The van der Waals surface area contributed by atoms with Crippen molar-refractivity contribution in [3.8, 4) is 17.2 Å². The van der Waals surface area contributed by atoms with Gasteiger partial charge in [-0.1, -0.05) is 29.5 Å². The molecule has 0 atom stereocenters. The van der Waals surface area contributed by atoms with Gasteiger partial charge in [-0.05, 0) is 39.2 Å². The van der Waals surface area contributed by atoms with Crippen LogP contribution < -0.4 is 19.1 Å². The maximum atomic E-state index is 13.1. The van der Waals surface area contributed by atoms with Crippen molar-refractivity contribution in [3.05, 3.63) is 42.5 Å². The van der Waals surface area contributed by atoms with Gasteiger partial charge in [-0.25, -0.2) is 4.98 Å². The van der Waals surface area contributed by atoms with E-state index in [1.165, 1.54) is 11.3 Å². The maximum Gasteiger partial charge on any atom is 0.232 e. The van der Waals surface area contributed by atoms with Gasteiger partial charge < -0.3 is 19.1 Å². The maximum absolute atomic E-state index is 13.1. The lowest BCUT2D eigenvalue weighted by molar-refractivity contribution is -0.119. The Morgan fingerprint density at radius 3 is 2.53 bits per heavy atom. The molecule has 0 saturated heterocycles. The normalized spacial score (nSPS) is 12.5. The van der Waals surface area contributed by atoms with Crippen LogP contribution in [0.5, 0.6) is 17.2 Å². The van der Waals surface area contributed by atoms with E-state index in [9.17, 15) is 4.79 Å². The van der Waals surface area contributed by atoms with Gasteiger partial charge >= 0.3 is 0 Å². The minimum atomic E-state index is 0. The fraction of sp³-hybridized carbons (Fsp3) is 0.391. The highest BCUT2D eigenvalue weighted by atomic mass is 35.5. The van der Waals surface area contributed by atoms with E-state index in [1.807, 2.05) is 56.6 Å². The largest absolute Gasteiger partial charge is 0.493 e. The third-order valence-corrected chi connectivity index (χ3v) is 5.93. The average Bonchev–Trinajstić information content (AvgIpc) is 3.17. The highest BCUT2D eigenvalue weighted by Gasteiger charge is 2.21. The van der Waals surface area contributed by atoms with E-state index in [-0.39, 0.29) is 24.7 Å². The molecule has 7 nitrogen and oxygen atoms in total. The molecule has 172 valence electrons. The Morgan fingerprint density at radius 1 is 1.09 bits per heavy atom. The predicted molar refractivity (Wildman–Crippen MR) is 130 cm³/mol. The number of halogens is 1. The quantitative estimate of drug-likeness (QED) is 0.459. The Balaban J connectivity index is 0.00000289. The molecule has 0 radical (unpaired) electrons. The number of aromatic nitrogens is 1. The lowest BCUT2D eigenvalue weighted by Crippen LogP contribution is -2.34. The van der Waals surface area contributed by atoms with Crippen molar-refractivity contribution in [2.75, 3.05) is 51.9 Å². The molecule has 9 heteroatoms. The second-order valence-electron chi connectivity index (χ2n) is 7.57. The molecule has 4 rings (SSSR count). The molecule has 2 heterocycles. The van der Waals surface area contributed by atoms with Gasteiger partial charge in [-0.15, -0.1) is 12.4 Å². The summed E-state index contributed by atoms with van der Waals surface area (Å²) in [7, 11) is 4.06. The van der Waals surface area contributed by atoms with Crippen molar-refractivity contribution in [2.24, 2.45) is 0 Å². The van der Waals surface area contributed by atoms with E-state index in [4.69, 9.17) is 19.2 Å². The minimum absolute atomic E-state index is 0. The summed E-state index contributed by atoms with van der Waals surface area (Å²) in [5.41, 5.74) is 0.815. The molecule has 0 fully saturated rings. The molecule has 0 aliphatic carbocycles. The van der Waals surface area contributed by atoms with E-state index < -0.39 is 0 Å². The Hall–Kier alpha value is -2.55. The van der Waals surface area contributed by atoms with E-state index in [1.54, 1.807) is 4.90 Å². The van der Waals surface area contributed by atoms with Crippen LogP contribution in [0.4, 0.5) is 5.13 Å². The second-order valence-corrected chi connectivity index (χ2v) is 8.58. The molecule has 1 aliphatic rings. The summed E-state index contributed by atoms with van der Waals surface area (Å²) in [5, 5.41) is 0.695. The number of hydrogen-bond donors (Lipinski definition) is 0. The third-order valence-electron chi connectivity index (χ3n) is 4.89. The molecule has 1 aliphatic heterocycles. The van der Waals surface area contributed by atoms with Gasteiger partial charge in [0.15, 0.2) is 16.6 Å². The number of ether oxygens (including phenoxy) is 3. The van der Waals surface area contributed by atoms with Gasteiger partial charge in [-0.3, -0.25) is 9.69 Å². The van der Waals surface area contributed by atoms with Crippen LogP contribution in [-0.4, -0.2) is 62.8 Å². The first-order valence-corrected chi connectivity index (χ1v) is 11.2. The van der Waals surface area contributed by atoms with E-state index in [2.05, 4.69) is 4.90 Å². The van der Waals surface area contributed by atoms with Crippen molar-refractivity contribution in [1.29, 1.82) is 0 Å². The van der Waals surface area contributed by atoms with Crippen LogP contribution in [0.25, 0.3) is 10.2 Å². The molecule has 1 amide bonds. The molecule has 2 aromatic carbocycles. The van der Waals surface area contributed by atoms with Crippen LogP contribution in [0.15, 0.2) is 42.5 Å². The fourth-order valence-corrected chi connectivity index (χ4v) is 4.37. The monoisotopic (exact) mass is 477 g/mol. The van der Waals surface area contributed by atoms with Crippen LogP contribution in [0.1, 0.15) is 12.8 Å². The van der Waals surface area contributed by atoms with Crippen molar-refractivity contribution in [1.82, 2.24) is 9.88 Å². The van der Waals surface area contributed by atoms with Crippen LogP contribution in [-0.2, 0) is 4.79 Å². The zero-order valence-corrected chi connectivity index (χ0v) is 19.9. The summed E-state index contributed by atoms with van der Waals surface area (Å²) in [4.78, 5) is 21.7. The first kappa shape index (κ1) is 24.1. The van der Waals surface area contributed by atoms with Crippen LogP contribution in [0.2, 0.25) is 0 Å². The number of amides is 1. The molecule has 3 aromatic rings. The van der Waals surface area contributed by atoms with Gasteiger partial charge in [0.2, 0.25) is 5.91 Å². The number of carbonyl (C=O) groups excluding carboxylic acids is 1. The van der Waals surface area contributed by atoms with Gasteiger partial charge in [0, 0.05) is 18.7 Å². The molecular formula is C23H28ClN3O4S. The molecule has 0 unspecified atom stereocenters. The Bertz CT molecular complexity index is 986. The SMILES string of the molecule is CN(C)CCCN(C(=O)CCOc1ccccc1)c1nc2cc3c(cc2s1)OCCO3.Cl. The lowest BCUT2D eigenvalue weighted by atomic mass is 10.3. The van der Waals surface area contributed by atoms with E-state index in [0.717, 1.165) is 34.7 Å². The van der Waals surface area contributed by atoms with Gasteiger partial charge in [-0.2, -0.15) is 0 Å². The fourth-order valence-electron chi connectivity index (χ4n) is 3.35. The van der Waals surface area contributed by atoms with Gasteiger partial charge in [0.25, 0.3) is 0 Å². The zero-order valence-electron chi connectivity index (χ0n) is 18.3. The first-order valence-electron chi connectivity index (χ1n) is 10.4. The van der Waals surface area contributed by atoms with Crippen molar-refractivity contribution in [3.63, 3.8) is 0 Å². The number of hydrogen-bond acceptors (Lipinski definition) is 7. The van der Waals surface area contributed by atoms with Crippen molar-refractivity contribution < 1.29 is 19.0 Å². The molecular weight excluding hydrogens is 450 g/mol. The summed E-state index contributed by atoms with van der Waals surface area (Å²) < 4.78 is 18.1. The molecule has 0 N–H and O–H groups in total. The molecule has 1 aromatic heterocycles. The summed E-state index contributed by atoms with van der Waals surface area (Å²) in [6.45, 7) is 2.90. The Morgan fingerprint density at radius 2 is 1.81 bits per heavy atom. The standard InChI is InChI=1S/C23H27N3O4S.ClH/c1-25(2)10-6-11-26(22(27)9-12-28-17-7-4-3-5-8-17)23-24-18-15-19-20(16-21(18)31-23)30-14-13-29-19;/h3-5,7-8,15-16H,6,9-14H2,1-2H3;1H. The van der Waals surface area contributed by atoms with Crippen LogP contribution in [0, 0.1) is 0 Å². The number of para-hydroxylation sites is 1. The Labute approximate surface area is 198 Å². The van der Waals surface area contributed by atoms with E-state index in [0.29, 0.717) is 37.2 Å². The smallest absolute Gasteiger partial charge is 0.232 e. The number of thiazole rings is 1. The summed E-state index contributed by atoms with van der Waals surface area (Å²) in [6.07, 6.45) is 1.15. The highest BCUT2D eigenvalue weighted by molar-refractivity contribution is 7.22. The zero-order chi connectivity index (χ0) is 21.6. The van der Waals surface area contributed by atoms with Gasteiger partial charge in [0.05, 0.1) is 23.2 Å². The minimum Gasteiger partial charge on any atom is -0.493 e. The number of carbonyl (C=O) groups is 1. The van der Waals surface area contributed by atoms with Crippen molar-refractivity contribution >= 4 is 45.0 Å². The number of rotatable bonds is 9. The molecule has 32 heavy (non-hydrogen) atoms. The van der Waals surface area contributed by atoms with Gasteiger partial charge in [0.1, 0.15) is 19.0 Å². The number of fused-ring (bicyclic) bond motifs is 2. The Kier molecular flexibility index (Phi) is 8.55. The van der Waals surface area contributed by atoms with Crippen LogP contribution in [0.3, 0.4) is 0 Å². The number of benzene rings is 2. The third kappa shape index (κ3) is 6.03. The molecule has 0 saturated carbocycles. The summed E-state index contributed by atoms with van der Waals surface area (Å²) >= 11 is 1.50. The number of nitrogens with zero attached hydrogens (tertiary/aromatic N) is 3. The summed E-state index contributed by atoms with van der Waals surface area (Å²) in [6, 6.07) is 13.4. The first-order chi connectivity index (χ1) is 15.1. The van der Waals surface area contributed by atoms with E-state index >= 15 is 0 Å². The number of anilines is 1. The van der Waals surface area contributed by atoms with Crippen molar-refractivity contribution in [2.45, 2.75) is 12.8 Å². The molecule has 0 spiro atoms. The highest BCUT2D eigenvalue weighted by Crippen LogP contribution is 2.38.